The summed E-state index contributed by atoms with van der Waals surface area (Å²) in [6.45, 7) is 1.92. The van der Waals surface area contributed by atoms with Crippen LogP contribution in [0.2, 0.25) is 0 Å². The Balaban J connectivity index is 1.57. The highest BCUT2D eigenvalue weighted by Crippen LogP contribution is 2.23. The third-order valence-corrected chi connectivity index (χ3v) is 5.09. The average molecular weight is 328 g/mol. The Kier molecular flexibility index (Phi) is 4.75. The highest BCUT2D eigenvalue weighted by Gasteiger charge is 2.06. The van der Waals surface area contributed by atoms with Crippen molar-refractivity contribution in [2.24, 2.45) is 0 Å². The summed E-state index contributed by atoms with van der Waals surface area (Å²) in [6, 6.07) is 14.6. The van der Waals surface area contributed by atoms with Gasteiger partial charge in [-0.05, 0) is 23.3 Å². The zero-order valence-electron chi connectivity index (χ0n) is 12.2. The van der Waals surface area contributed by atoms with Gasteiger partial charge in [-0.25, -0.2) is 4.98 Å². The summed E-state index contributed by atoms with van der Waals surface area (Å²) < 4.78 is 0. The number of carbonyl (C=O) groups excluding carboxylic acids is 1. The van der Waals surface area contributed by atoms with Crippen LogP contribution in [0.5, 0.6) is 0 Å². The van der Waals surface area contributed by atoms with Crippen molar-refractivity contribution < 1.29 is 4.79 Å². The second kappa shape index (κ2) is 6.94. The predicted octanol–water partition coefficient (Wildman–Crippen LogP) is 4.48. The van der Waals surface area contributed by atoms with Gasteiger partial charge in [0.05, 0.1) is 11.4 Å². The Morgan fingerprint density at radius 3 is 2.86 bits per heavy atom. The van der Waals surface area contributed by atoms with E-state index in [1.165, 1.54) is 27.7 Å². The van der Waals surface area contributed by atoms with E-state index in [9.17, 15) is 4.79 Å². The highest BCUT2D eigenvalue weighted by atomic mass is 32.2. The fourth-order valence-electron chi connectivity index (χ4n) is 2.24. The molecule has 0 saturated heterocycles. The molecule has 1 amide bonds. The molecule has 112 valence electrons. The number of aromatic nitrogens is 1. The molecule has 0 atom stereocenters. The summed E-state index contributed by atoms with van der Waals surface area (Å²) in [7, 11) is 0. The summed E-state index contributed by atoms with van der Waals surface area (Å²) in [4.78, 5) is 16.1. The average Bonchev–Trinajstić information content (AvgIpc) is 2.92. The fraction of sp³-hybridized carbons (Fsp3) is 0.176. The highest BCUT2D eigenvalue weighted by molar-refractivity contribution is 7.99. The summed E-state index contributed by atoms with van der Waals surface area (Å²) >= 11 is 3.08. The largest absolute Gasteiger partial charge is 0.301 e. The Morgan fingerprint density at radius 1 is 1.23 bits per heavy atom. The molecule has 0 saturated carbocycles. The molecule has 0 unspecified atom stereocenters. The lowest BCUT2D eigenvalue weighted by Gasteiger charge is -2.06. The van der Waals surface area contributed by atoms with Gasteiger partial charge in [0.15, 0.2) is 5.13 Å². The Labute approximate surface area is 137 Å². The molecule has 0 aliphatic heterocycles. The molecule has 0 aliphatic carbocycles. The Bertz CT molecular complexity index is 793. The molecule has 2 aromatic carbocycles. The van der Waals surface area contributed by atoms with Crippen LogP contribution < -0.4 is 5.32 Å². The van der Waals surface area contributed by atoms with E-state index >= 15 is 0 Å². The lowest BCUT2D eigenvalue weighted by Crippen LogP contribution is -2.14. The van der Waals surface area contributed by atoms with Gasteiger partial charge >= 0.3 is 0 Å². The number of aryl methyl sites for hydroxylation is 1. The van der Waals surface area contributed by atoms with Crippen LogP contribution in [0.3, 0.4) is 0 Å². The minimum absolute atomic E-state index is 0.000383. The molecule has 1 N–H and O–H groups in total. The number of thioether (sulfide) groups is 1. The monoisotopic (exact) mass is 328 g/mol. The van der Waals surface area contributed by atoms with Crippen molar-refractivity contribution >= 4 is 44.9 Å². The number of hydrogen-bond donors (Lipinski definition) is 1. The molecule has 0 fully saturated rings. The van der Waals surface area contributed by atoms with Gasteiger partial charge in [-0.2, -0.15) is 0 Å². The number of benzene rings is 2. The number of thiazole rings is 1. The van der Waals surface area contributed by atoms with E-state index in [1.54, 1.807) is 11.8 Å². The van der Waals surface area contributed by atoms with Crippen LogP contribution >= 0.6 is 23.1 Å². The Hall–Kier alpha value is -1.85. The topological polar surface area (TPSA) is 42.0 Å². The van der Waals surface area contributed by atoms with Crippen molar-refractivity contribution in [2.75, 3.05) is 11.1 Å². The minimum Gasteiger partial charge on any atom is -0.301 e. The first-order chi connectivity index (χ1) is 10.7. The quantitative estimate of drug-likeness (QED) is 0.751. The number of nitrogens with one attached hydrogen (secondary N) is 1. The van der Waals surface area contributed by atoms with Crippen molar-refractivity contribution in [2.45, 2.75) is 12.7 Å². The molecule has 0 bridgehead atoms. The zero-order valence-corrected chi connectivity index (χ0v) is 13.8. The van der Waals surface area contributed by atoms with Gasteiger partial charge < -0.3 is 5.32 Å². The van der Waals surface area contributed by atoms with E-state index in [2.05, 4.69) is 40.6 Å². The molecule has 1 heterocycles. The van der Waals surface area contributed by atoms with E-state index < -0.39 is 0 Å². The second-order valence-corrected chi connectivity index (χ2v) is 6.82. The van der Waals surface area contributed by atoms with Gasteiger partial charge in [-0.1, -0.05) is 42.5 Å². The smallest absolute Gasteiger partial charge is 0.236 e. The summed E-state index contributed by atoms with van der Waals surface area (Å²) in [6.07, 6.45) is 0. The van der Waals surface area contributed by atoms with Crippen LogP contribution in [0.4, 0.5) is 5.13 Å². The van der Waals surface area contributed by atoms with Crippen LogP contribution in [0.15, 0.2) is 47.8 Å². The molecule has 0 spiro atoms. The first-order valence-electron chi connectivity index (χ1n) is 6.99. The third kappa shape index (κ3) is 3.67. The molecule has 0 radical (unpaired) electrons. The maximum atomic E-state index is 11.9. The summed E-state index contributed by atoms with van der Waals surface area (Å²) in [5.74, 6) is 1.26. The number of carbonyl (C=O) groups is 1. The van der Waals surface area contributed by atoms with Crippen LogP contribution in [0.1, 0.15) is 11.3 Å². The van der Waals surface area contributed by atoms with E-state index in [0.29, 0.717) is 10.9 Å². The van der Waals surface area contributed by atoms with Crippen molar-refractivity contribution in [3.8, 4) is 0 Å². The second-order valence-electron chi connectivity index (χ2n) is 4.97. The van der Waals surface area contributed by atoms with Crippen LogP contribution in [-0.2, 0) is 10.5 Å². The lowest BCUT2D eigenvalue weighted by molar-refractivity contribution is -0.113. The van der Waals surface area contributed by atoms with Gasteiger partial charge in [0.2, 0.25) is 5.91 Å². The number of fused-ring (bicyclic) bond motifs is 1. The van der Waals surface area contributed by atoms with Crippen molar-refractivity contribution in [1.29, 1.82) is 0 Å². The van der Waals surface area contributed by atoms with E-state index in [1.807, 2.05) is 24.4 Å². The van der Waals surface area contributed by atoms with Gasteiger partial charge in [-0.15, -0.1) is 23.1 Å². The summed E-state index contributed by atoms with van der Waals surface area (Å²) in [5, 5.41) is 7.93. The van der Waals surface area contributed by atoms with Gasteiger partial charge in [0.25, 0.3) is 0 Å². The van der Waals surface area contributed by atoms with E-state index in [0.717, 1.165) is 11.4 Å². The first-order valence-corrected chi connectivity index (χ1v) is 9.02. The molecule has 0 aliphatic rings. The molecule has 3 aromatic rings. The molecule has 22 heavy (non-hydrogen) atoms. The SMILES string of the molecule is Cc1csc(NC(=O)CSCc2cccc3ccccc23)n1. The normalized spacial score (nSPS) is 10.8. The van der Waals surface area contributed by atoms with Gasteiger partial charge in [-0.3, -0.25) is 4.79 Å². The third-order valence-electron chi connectivity index (χ3n) is 3.24. The van der Waals surface area contributed by atoms with Crippen molar-refractivity contribution in [3.63, 3.8) is 0 Å². The number of amides is 1. The van der Waals surface area contributed by atoms with Gasteiger partial charge in [0, 0.05) is 11.1 Å². The predicted molar refractivity (Wildman–Crippen MR) is 95.6 cm³/mol. The van der Waals surface area contributed by atoms with E-state index in [-0.39, 0.29) is 5.91 Å². The molecule has 3 nitrogen and oxygen atoms in total. The number of hydrogen-bond acceptors (Lipinski definition) is 4. The molecular formula is C17H16N2OS2. The number of rotatable bonds is 5. The maximum absolute atomic E-state index is 11.9. The minimum atomic E-state index is -0.000383. The fourth-order valence-corrected chi connectivity index (χ4v) is 3.77. The number of nitrogens with zero attached hydrogens (tertiary/aromatic N) is 1. The van der Waals surface area contributed by atoms with E-state index in [4.69, 9.17) is 0 Å². The van der Waals surface area contributed by atoms with Crippen molar-refractivity contribution in [1.82, 2.24) is 4.98 Å². The molecule has 3 rings (SSSR count). The molecule has 1 aromatic heterocycles. The zero-order chi connectivity index (χ0) is 15.4. The maximum Gasteiger partial charge on any atom is 0.236 e. The standard InChI is InChI=1S/C17H16N2OS2/c1-12-9-22-17(18-12)19-16(20)11-21-10-14-7-4-6-13-5-2-3-8-15(13)14/h2-9H,10-11H2,1H3,(H,18,19,20). The molecule has 5 heteroatoms. The van der Waals surface area contributed by atoms with Crippen LogP contribution in [0.25, 0.3) is 10.8 Å². The lowest BCUT2D eigenvalue weighted by atomic mass is 10.1. The Morgan fingerprint density at radius 2 is 2.05 bits per heavy atom. The number of anilines is 1. The summed E-state index contributed by atoms with van der Waals surface area (Å²) in [5.41, 5.74) is 2.20. The van der Waals surface area contributed by atoms with Crippen LogP contribution in [0, 0.1) is 6.92 Å². The van der Waals surface area contributed by atoms with Crippen molar-refractivity contribution in [3.05, 3.63) is 59.1 Å². The van der Waals surface area contributed by atoms with Gasteiger partial charge in [0.1, 0.15) is 0 Å². The first kappa shape index (κ1) is 15.1. The van der Waals surface area contributed by atoms with Crippen LogP contribution in [-0.4, -0.2) is 16.6 Å². The molecular weight excluding hydrogens is 312 g/mol.